The lowest BCUT2D eigenvalue weighted by molar-refractivity contribution is -0.155. The molecule has 0 aromatic heterocycles. The van der Waals surface area contributed by atoms with Gasteiger partial charge in [-0.3, -0.25) is 19.2 Å². The summed E-state index contributed by atoms with van der Waals surface area (Å²) in [5, 5.41) is 0. The number of ether oxygens (including phenoxy) is 3. The fourth-order valence-electron chi connectivity index (χ4n) is 4.65. The molecule has 0 saturated carbocycles. The number of amides is 3. The number of nitrogens with two attached hydrogens (primary N) is 1. The van der Waals surface area contributed by atoms with E-state index in [1.54, 1.807) is 43.9 Å². The van der Waals surface area contributed by atoms with E-state index in [0.717, 1.165) is 11.1 Å². The number of fused-ring (bicyclic) bond motifs is 1. The maximum Gasteiger partial charge on any atom is 0.306 e. The van der Waals surface area contributed by atoms with Gasteiger partial charge >= 0.3 is 5.97 Å². The fourth-order valence-corrected chi connectivity index (χ4v) is 4.65. The summed E-state index contributed by atoms with van der Waals surface area (Å²) in [6.45, 7) is 7.50. The topological polar surface area (TPSA) is 128 Å². The first-order valence-corrected chi connectivity index (χ1v) is 13.0. The van der Waals surface area contributed by atoms with Gasteiger partial charge in [0.1, 0.15) is 30.6 Å². The molecule has 4 rings (SSSR count). The zero-order valence-electron chi connectivity index (χ0n) is 22.6. The van der Waals surface area contributed by atoms with Gasteiger partial charge in [0.15, 0.2) is 0 Å². The summed E-state index contributed by atoms with van der Waals surface area (Å²) < 4.78 is 16.6. The van der Waals surface area contributed by atoms with Crippen LogP contribution in [0.25, 0.3) is 0 Å². The lowest BCUT2D eigenvalue weighted by Gasteiger charge is -2.26. The van der Waals surface area contributed by atoms with Crippen molar-refractivity contribution in [1.82, 2.24) is 9.80 Å². The van der Waals surface area contributed by atoms with Crippen LogP contribution in [0, 0.1) is 0 Å². The number of carbonyl (C=O) groups is 4. The van der Waals surface area contributed by atoms with E-state index < -0.39 is 23.5 Å². The van der Waals surface area contributed by atoms with Gasteiger partial charge in [0.05, 0.1) is 13.2 Å². The van der Waals surface area contributed by atoms with E-state index in [9.17, 15) is 19.2 Å². The summed E-state index contributed by atoms with van der Waals surface area (Å²) in [6, 6.07) is 12.1. The number of carbonyl (C=O) groups excluding carboxylic acids is 4. The predicted octanol–water partition coefficient (Wildman–Crippen LogP) is 2.56. The molecule has 2 aliphatic rings. The van der Waals surface area contributed by atoms with E-state index >= 15 is 0 Å². The second-order valence-corrected chi connectivity index (χ2v) is 10.7. The van der Waals surface area contributed by atoms with Crippen LogP contribution in [0.3, 0.4) is 0 Å². The molecule has 10 heteroatoms. The Morgan fingerprint density at radius 2 is 1.79 bits per heavy atom. The molecule has 0 unspecified atom stereocenters. The first-order chi connectivity index (χ1) is 18.5. The van der Waals surface area contributed by atoms with E-state index in [-0.39, 0.29) is 44.4 Å². The summed E-state index contributed by atoms with van der Waals surface area (Å²) in [4.78, 5) is 52.8. The zero-order chi connectivity index (χ0) is 28.2. The third-order valence-electron chi connectivity index (χ3n) is 6.57. The molecule has 2 aromatic carbocycles. The maximum atomic E-state index is 13.2. The van der Waals surface area contributed by atoms with Gasteiger partial charge in [-0.05, 0) is 50.5 Å². The van der Waals surface area contributed by atoms with Crippen LogP contribution in [-0.2, 0) is 43.6 Å². The summed E-state index contributed by atoms with van der Waals surface area (Å²) in [5.74, 6) is -0.934. The molecule has 2 aliphatic heterocycles. The number of morpholine rings is 1. The van der Waals surface area contributed by atoms with Crippen LogP contribution < -0.4 is 10.5 Å². The van der Waals surface area contributed by atoms with Crippen molar-refractivity contribution in [2.45, 2.75) is 65.0 Å². The Morgan fingerprint density at radius 1 is 1.08 bits per heavy atom. The van der Waals surface area contributed by atoms with Crippen LogP contribution in [0.1, 0.15) is 60.7 Å². The van der Waals surface area contributed by atoms with Crippen molar-refractivity contribution in [3.8, 4) is 5.75 Å². The molecule has 208 valence electrons. The molecule has 10 nitrogen and oxygen atoms in total. The number of benzene rings is 2. The van der Waals surface area contributed by atoms with Crippen LogP contribution in [0.15, 0.2) is 42.5 Å². The number of esters is 1. The van der Waals surface area contributed by atoms with Crippen molar-refractivity contribution in [3.63, 3.8) is 0 Å². The molecule has 0 bridgehead atoms. The molecule has 1 saturated heterocycles. The standard InChI is InChI=1S/C29H35N3O7/c1-29(2,3)39-26(34)12-11-23(27(30)35)32-16-22-21(28(32)36)5-4-6-24(22)38-17-20-9-7-19(8-10-20)15-31-13-14-37-18-25(31)33/h4-10,23H,11-18H2,1-3H3,(H2,30,35)/t23-/m0/s1. The Hall–Kier alpha value is -3.92. The molecule has 2 aromatic rings. The minimum absolute atomic E-state index is 0.0152. The molecule has 39 heavy (non-hydrogen) atoms. The van der Waals surface area contributed by atoms with Crippen LogP contribution >= 0.6 is 0 Å². The molecule has 2 heterocycles. The third kappa shape index (κ3) is 7.14. The Balaban J connectivity index is 1.38. The number of hydrogen-bond acceptors (Lipinski definition) is 7. The largest absolute Gasteiger partial charge is 0.489 e. The van der Waals surface area contributed by atoms with Crippen molar-refractivity contribution >= 4 is 23.7 Å². The van der Waals surface area contributed by atoms with Crippen LogP contribution in [0.2, 0.25) is 0 Å². The van der Waals surface area contributed by atoms with Gasteiger partial charge in [-0.25, -0.2) is 0 Å². The van der Waals surface area contributed by atoms with Crippen molar-refractivity contribution in [3.05, 3.63) is 64.7 Å². The lowest BCUT2D eigenvalue weighted by Crippen LogP contribution is -2.45. The van der Waals surface area contributed by atoms with E-state index in [1.165, 1.54) is 4.90 Å². The molecular formula is C29H35N3O7. The van der Waals surface area contributed by atoms with Gasteiger partial charge < -0.3 is 29.7 Å². The summed E-state index contributed by atoms with van der Waals surface area (Å²) in [7, 11) is 0. The molecule has 1 fully saturated rings. The summed E-state index contributed by atoms with van der Waals surface area (Å²) >= 11 is 0. The first kappa shape index (κ1) is 28.1. The highest BCUT2D eigenvalue weighted by Crippen LogP contribution is 2.33. The third-order valence-corrected chi connectivity index (χ3v) is 6.57. The average Bonchev–Trinajstić information content (AvgIpc) is 3.20. The Morgan fingerprint density at radius 3 is 2.46 bits per heavy atom. The molecular weight excluding hydrogens is 502 g/mol. The quantitative estimate of drug-likeness (QED) is 0.461. The lowest BCUT2D eigenvalue weighted by atomic mass is 10.1. The molecule has 0 aliphatic carbocycles. The minimum atomic E-state index is -0.948. The van der Waals surface area contributed by atoms with Gasteiger partial charge in [-0.15, -0.1) is 0 Å². The van der Waals surface area contributed by atoms with Gasteiger partial charge in [0.2, 0.25) is 11.8 Å². The van der Waals surface area contributed by atoms with E-state index in [1.807, 2.05) is 24.3 Å². The van der Waals surface area contributed by atoms with Crippen LogP contribution in [0.4, 0.5) is 0 Å². The Labute approximate surface area is 228 Å². The van der Waals surface area contributed by atoms with Crippen LogP contribution in [0.5, 0.6) is 5.75 Å². The monoisotopic (exact) mass is 537 g/mol. The molecule has 1 atom stereocenters. The van der Waals surface area contributed by atoms with Crippen molar-refractivity contribution < 1.29 is 33.4 Å². The highest BCUT2D eigenvalue weighted by Gasteiger charge is 2.37. The molecule has 2 N–H and O–H groups in total. The van der Waals surface area contributed by atoms with E-state index in [0.29, 0.717) is 36.6 Å². The Kier molecular flexibility index (Phi) is 8.54. The van der Waals surface area contributed by atoms with Gasteiger partial charge in [0.25, 0.3) is 5.91 Å². The highest BCUT2D eigenvalue weighted by atomic mass is 16.6. The van der Waals surface area contributed by atoms with E-state index in [4.69, 9.17) is 19.9 Å². The van der Waals surface area contributed by atoms with Gasteiger partial charge in [-0.1, -0.05) is 30.3 Å². The predicted molar refractivity (Wildman–Crippen MR) is 141 cm³/mol. The van der Waals surface area contributed by atoms with Gasteiger partial charge in [0, 0.05) is 30.6 Å². The molecule has 3 amide bonds. The van der Waals surface area contributed by atoms with Crippen LogP contribution in [-0.4, -0.2) is 64.9 Å². The summed E-state index contributed by atoms with van der Waals surface area (Å²) in [5.41, 5.74) is 8.05. The van der Waals surface area contributed by atoms with Crippen molar-refractivity contribution in [1.29, 1.82) is 0 Å². The number of hydrogen-bond donors (Lipinski definition) is 1. The smallest absolute Gasteiger partial charge is 0.306 e. The van der Waals surface area contributed by atoms with Crippen molar-refractivity contribution in [2.24, 2.45) is 5.73 Å². The number of nitrogens with zero attached hydrogens (tertiary/aromatic N) is 2. The summed E-state index contributed by atoms with van der Waals surface area (Å²) in [6.07, 6.45) is 0.0343. The Bertz CT molecular complexity index is 1240. The SMILES string of the molecule is CC(C)(C)OC(=O)CC[C@@H](C(N)=O)N1Cc2c(OCc3ccc(CN4CCOCC4=O)cc3)cccc2C1=O. The number of rotatable bonds is 10. The number of primary amides is 1. The fraction of sp³-hybridized carbons (Fsp3) is 0.448. The second-order valence-electron chi connectivity index (χ2n) is 10.7. The van der Waals surface area contributed by atoms with E-state index in [2.05, 4.69) is 0 Å². The van der Waals surface area contributed by atoms with Gasteiger partial charge in [-0.2, -0.15) is 0 Å². The first-order valence-electron chi connectivity index (χ1n) is 13.0. The minimum Gasteiger partial charge on any atom is -0.489 e. The maximum absolute atomic E-state index is 13.2. The molecule has 0 radical (unpaired) electrons. The zero-order valence-corrected chi connectivity index (χ0v) is 22.6. The second kappa shape index (κ2) is 11.9. The molecule has 0 spiro atoms. The highest BCUT2D eigenvalue weighted by molar-refractivity contribution is 6.01. The average molecular weight is 538 g/mol. The van der Waals surface area contributed by atoms with Crippen molar-refractivity contribution in [2.75, 3.05) is 19.8 Å². The normalized spacial score (nSPS) is 16.2.